The van der Waals surface area contributed by atoms with Gasteiger partial charge in [0.1, 0.15) is 5.75 Å². The van der Waals surface area contributed by atoms with E-state index in [1.807, 2.05) is 30.3 Å². The number of hydrogen-bond donors (Lipinski definition) is 1. The van der Waals surface area contributed by atoms with Crippen LogP contribution < -0.4 is 10.1 Å². The van der Waals surface area contributed by atoms with Crippen molar-refractivity contribution in [3.8, 4) is 11.8 Å². The van der Waals surface area contributed by atoms with Crippen LogP contribution in [-0.4, -0.2) is 27.0 Å². The molecule has 0 bridgehead atoms. The molecule has 0 aliphatic carbocycles. The minimum atomic E-state index is 0.0678. The van der Waals surface area contributed by atoms with Crippen molar-refractivity contribution in [1.82, 2.24) is 19.9 Å². The highest BCUT2D eigenvalue weighted by atomic mass is 35.5. The number of nitrogens with one attached hydrogen (secondary N) is 1. The Bertz CT molecular complexity index is 765. The Morgan fingerprint density at radius 3 is 2.90 bits per heavy atom. The van der Waals surface area contributed by atoms with Crippen molar-refractivity contribution < 1.29 is 4.74 Å². The third-order valence-electron chi connectivity index (χ3n) is 2.60. The number of halogens is 1. The van der Waals surface area contributed by atoms with Gasteiger partial charge >= 0.3 is 6.01 Å². The Morgan fingerprint density at radius 2 is 2.05 bits per heavy atom. The standard InChI is InChI=1S/C13H10ClN5O/c1-15-12-17-11(14)18-13(19-12)20-9-5-4-8-3-2-6-16-10(8)7-9/h2-7H,1H3,(H,15,17,18,19). The molecule has 0 spiro atoms. The van der Waals surface area contributed by atoms with E-state index in [0.717, 1.165) is 10.9 Å². The monoisotopic (exact) mass is 287 g/mol. The van der Waals surface area contributed by atoms with E-state index in [4.69, 9.17) is 16.3 Å². The first-order valence-electron chi connectivity index (χ1n) is 5.86. The number of aromatic nitrogens is 4. The Hall–Kier alpha value is -2.47. The minimum absolute atomic E-state index is 0.0678. The molecule has 20 heavy (non-hydrogen) atoms. The SMILES string of the molecule is CNc1nc(Cl)nc(Oc2ccc3cccnc3c2)n1. The number of ether oxygens (including phenoxy) is 1. The average Bonchev–Trinajstić information content (AvgIpc) is 2.46. The zero-order valence-corrected chi connectivity index (χ0v) is 11.3. The van der Waals surface area contributed by atoms with Crippen molar-refractivity contribution in [2.45, 2.75) is 0 Å². The Balaban J connectivity index is 1.94. The first-order chi connectivity index (χ1) is 9.74. The second-order valence-electron chi connectivity index (χ2n) is 3.92. The van der Waals surface area contributed by atoms with Crippen LogP contribution in [-0.2, 0) is 0 Å². The van der Waals surface area contributed by atoms with Gasteiger partial charge in [0.05, 0.1) is 5.52 Å². The van der Waals surface area contributed by atoms with E-state index in [9.17, 15) is 0 Å². The zero-order chi connectivity index (χ0) is 13.9. The molecule has 6 nitrogen and oxygen atoms in total. The fraction of sp³-hybridized carbons (Fsp3) is 0.0769. The molecule has 0 aliphatic rings. The van der Waals surface area contributed by atoms with Gasteiger partial charge in [0.2, 0.25) is 11.2 Å². The van der Waals surface area contributed by atoms with Crippen LogP contribution in [0.2, 0.25) is 5.28 Å². The Kier molecular flexibility index (Phi) is 3.30. The molecular weight excluding hydrogens is 278 g/mol. The van der Waals surface area contributed by atoms with Crippen LogP contribution in [0.3, 0.4) is 0 Å². The lowest BCUT2D eigenvalue weighted by Crippen LogP contribution is -2.01. The van der Waals surface area contributed by atoms with Crippen LogP contribution in [0.4, 0.5) is 5.95 Å². The second-order valence-corrected chi connectivity index (χ2v) is 4.26. The normalized spacial score (nSPS) is 10.5. The zero-order valence-electron chi connectivity index (χ0n) is 10.5. The lowest BCUT2D eigenvalue weighted by atomic mass is 10.2. The van der Waals surface area contributed by atoms with Gasteiger partial charge in [-0.2, -0.15) is 15.0 Å². The molecule has 0 saturated carbocycles. The van der Waals surface area contributed by atoms with Gasteiger partial charge in [0.25, 0.3) is 0 Å². The van der Waals surface area contributed by atoms with Crippen molar-refractivity contribution in [1.29, 1.82) is 0 Å². The summed E-state index contributed by atoms with van der Waals surface area (Å²) in [6, 6.07) is 9.54. The molecule has 7 heteroatoms. The summed E-state index contributed by atoms with van der Waals surface area (Å²) in [4.78, 5) is 16.1. The van der Waals surface area contributed by atoms with Gasteiger partial charge in [-0.1, -0.05) is 6.07 Å². The lowest BCUT2D eigenvalue weighted by Gasteiger charge is -2.06. The van der Waals surface area contributed by atoms with Crippen molar-refractivity contribution >= 4 is 28.5 Å². The topological polar surface area (TPSA) is 72.8 Å². The number of nitrogens with zero attached hydrogens (tertiary/aromatic N) is 4. The molecule has 0 aliphatic heterocycles. The molecule has 1 aromatic carbocycles. The van der Waals surface area contributed by atoms with E-state index in [2.05, 4.69) is 25.3 Å². The van der Waals surface area contributed by atoms with Crippen molar-refractivity contribution in [3.63, 3.8) is 0 Å². The number of anilines is 1. The number of rotatable bonds is 3. The fourth-order valence-electron chi connectivity index (χ4n) is 1.70. The van der Waals surface area contributed by atoms with E-state index in [0.29, 0.717) is 11.7 Å². The summed E-state index contributed by atoms with van der Waals surface area (Å²) < 4.78 is 5.58. The maximum absolute atomic E-state index is 5.80. The quantitative estimate of drug-likeness (QED) is 0.798. The predicted molar refractivity (Wildman–Crippen MR) is 76.2 cm³/mol. The third-order valence-corrected chi connectivity index (χ3v) is 2.77. The summed E-state index contributed by atoms with van der Waals surface area (Å²) in [7, 11) is 1.69. The molecule has 0 atom stereocenters. The van der Waals surface area contributed by atoms with Crippen molar-refractivity contribution in [2.75, 3.05) is 12.4 Å². The highest BCUT2D eigenvalue weighted by Crippen LogP contribution is 2.23. The van der Waals surface area contributed by atoms with E-state index in [-0.39, 0.29) is 11.3 Å². The summed E-state index contributed by atoms with van der Waals surface area (Å²) in [5.74, 6) is 0.930. The van der Waals surface area contributed by atoms with Gasteiger partial charge in [0.15, 0.2) is 0 Å². The van der Waals surface area contributed by atoms with Crippen LogP contribution in [0.5, 0.6) is 11.8 Å². The van der Waals surface area contributed by atoms with Crippen LogP contribution in [0.15, 0.2) is 36.5 Å². The second kappa shape index (κ2) is 5.26. The van der Waals surface area contributed by atoms with Gasteiger partial charge in [-0.05, 0) is 29.8 Å². The van der Waals surface area contributed by atoms with Crippen molar-refractivity contribution in [3.05, 3.63) is 41.8 Å². The van der Waals surface area contributed by atoms with Gasteiger partial charge in [-0.25, -0.2) is 0 Å². The molecule has 0 radical (unpaired) electrons. The van der Waals surface area contributed by atoms with Crippen molar-refractivity contribution in [2.24, 2.45) is 0 Å². The molecule has 0 unspecified atom stereocenters. The summed E-state index contributed by atoms with van der Waals surface area (Å²) in [5, 5.41) is 3.88. The Labute approximate surface area is 119 Å². The molecule has 100 valence electrons. The molecule has 3 aromatic rings. The maximum Gasteiger partial charge on any atom is 0.328 e. The lowest BCUT2D eigenvalue weighted by molar-refractivity contribution is 0.441. The van der Waals surface area contributed by atoms with Gasteiger partial charge < -0.3 is 10.1 Å². The van der Waals surface area contributed by atoms with E-state index >= 15 is 0 Å². The smallest absolute Gasteiger partial charge is 0.328 e. The number of benzene rings is 1. The maximum atomic E-state index is 5.80. The summed E-state index contributed by atoms with van der Waals surface area (Å²) >= 11 is 5.80. The predicted octanol–water partition coefficient (Wildman–Crippen LogP) is 2.91. The van der Waals surface area contributed by atoms with Gasteiger partial charge in [0, 0.05) is 24.7 Å². The van der Waals surface area contributed by atoms with E-state index in [1.54, 1.807) is 13.2 Å². The molecule has 2 heterocycles. The molecule has 0 amide bonds. The fourth-order valence-corrected chi connectivity index (χ4v) is 1.86. The van der Waals surface area contributed by atoms with Gasteiger partial charge in [-0.3, -0.25) is 4.98 Å². The largest absolute Gasteiger partial charge is 0.424 e. The third kappa shape index (κ3) is 2.60. The summed E-state index contributed by atoms with van der Waals surface area (Å²) in [6.45, 7) is 0. The minimum Gasteiger partial charge on any atom is -0.424 e. The molecular formula is C13H10ClN5O. The summed E-state index contributed by atoms with van der Waals surface area (Å²) in [6.07, 6.45) is 1.73. The van der Waals surface area contributed by atoms with Gasteiger partial charge in [-0.15, -0.1) is 0 Å². The van der Waals surface area contributed by atoms with Crippen LogP contribution in [0.25, 0.3) is 10.9 Å². The molecule has 0 fully saturated rings. The number of hydrogen-bond acceptors (Lipinski definition) is 6. The first-order valence-corrected chi connectivity index (χ1v) is 6.24. The highest BCUT2D eigenvalue weighted by Gasteiger charge is 2.07. The molecule has 0 saturated heterocycles. The van der Waals surface area contributed by atoms with E-state index < -0.39 is 0 Å². The van der Waals surface area contributed by atoms with Crippen LogP contribution in [0.1, 0.15) is 0 Å². The molecule has 2 aromatic heterocycles. The number of pyridine rings is 1. The highest BCUT2D eigenvalue weighted by molar-refractivity contribution is 6.28. The van der Waals surface area contributed by atoms with Crippen LogP contribution >= 0.6 is 11.6 Å². The molecule has 3 rings (SSSR count). The van der Waals surface area contributed by atoms with E-state index in [1.165, 1.54) is 0 Å². The molecule has 1 N–H and O–H groups in total. The van der Waals surface area contributed by atoms with Crippen LogP contribution in [0, 0.1) is 0 Å². The Morgan fingerprint density at radius 1 is 1.15 bits per heavy atom. The number of fused-ring (bicyclic) bond motifs is 1. The first kappa shape index (κ1) is 12.6. The average molecular weight is 288 g/mol. The summed E-state index contributed by atoms with van der Waals surface area (Å²) in [5.41, 5.74) is 0.832.